The lowest BCUT2D eigenvalue weighted by Gasteiger charge is -2.18. The molecule has 1 aromatic heterocycles. The van der Waals surface area contributed by atoms with Crippen molar-refractivity contribution < 1.29 is 9.32 Å². The molecule has 0 bridgehead atoms. The summed E-state index contributed by atoms with van der Waals surface area (Å²) in [6.07, 6.45) is 0. The van der Waals surface area contributed by atoms with Gasteiger partial charge < -0.3 is 9.42 Å². The first-order valence-corrected chi connectivity index (χ1v) is 8.50. The van der Waals surface area contributed by atoms with Crippen molar-refractivity contribution in [3.63, 3.8) is 0 Å². The molecule has 22 heavy (non-hydrogen) atoms. The minimum atomic E-state index is -0.112. The summed E-state index contributed by atoms with van der Waals surface area (Å²) in [7, 11) is 0. The summed E-state index contributed by atoms with van der Waals surface area (Å²) in [6.45, 7) is 5.89. The Morgan fingerprint density at radius 1 is 1.36 bits per heavy atom. The van der Waals surface area contributed by atoms with Crippen molar-refractivity contribution in [2.24, 2.45) is 0 Å². The average molecular weight is 317 g/mol. The molecule has 1 aliphatic rings. The molecule has 0 aliphatic carbocycles. The van der Waals surface area contributed by atoms with Crippen LogP contribution in [0, 0.1) is 0 Å². The quantitative estimate of drug-likeness (QED) is 0.867. The fourth-order valence-corrected chi connectivity index (χ4v) is 3.67. The Balaban J connectivity index is 1.83. The summed E-state index contributed by atoms with van der Waals surface area (Å²) in [5.74, 6) is 3.10. The number of carbonyl (C=O) groups is 1. The van der Waals surface area contributed by atoms with Gasteiger partial charge in [0.15, 0.2) is 0 Å². The lowest BCUT2D eigenvalue weighted by atomic mass is 10.0. The molecule has 5 nitrogen and oxygen atoms in total. The molecule has 1 saturated heterocycles. The Kier molecular flexibility index (Phi) is 4.20. The molecule has 1 fully saturated rings. The molecule has 1 amide bonds. The number of nitrogens with zero attached hydrogens (tertiary/aromatic N) is 3. The van der Waals surface area contributed by atoms with Crippen LogP contribution in [0.25, 0.3) is 11.4 Å². The highest BCUT2D eigenvalue weighted by Crippen LogP contribution is 2.33. The topological polar surface area (TPSA) is 59.2 Å². The van der Waals surface area contributed by atoms with E-state index in [0.29, 0.717) is 23.5 Å². The van der Waals surface area contributed by atoms with Gasteiger partial charge in [0, 0.05) is 18.2 Å². The molecule has 2 aromatic rings. The zero-order valence-electron chi connectivity index (χ0n) is 12.9. The number of hydrogen-bond acceptors (Lipinski definition) is 5. The second-order valence-electron chi connectivity index (χ2n) is 5.74. The SMILES string of the molecule is CC(=O)N1CSC[C@@H]1c1nc(-c2ccc(C(C)C)cc2)no1. The molecule has 2 heterocycles. The van der Waals surface area contributed by atoms with E-state index in [1.807, 2.05) is 12.1 Å². The van der Waals surface area contributed by atoms with Gasteiger partial charge in [-0.1, -0.05) is 43.3 Å². The summed E-state index contributed by atoms with van der Waals surface area (Å²) in [5.41, 5.74) is 2.21. The van der Waals surface area contributed by atoms with Gasteiger partial charge >= 0.3 is 0 Å². The van der Waals surface area contributed by atoms with Crippen LogP contribution in [0.3, 0.4) is 0 Å². The number of benzene rings is 1. The van der Waals surface area contributed by atoms with Gasteiger partial charge in [0.1, 0.15) is 6.04 Å². The zero-order valence-corrected chi connectivity index (χ0v) is 13.8. The van der Waals surface area contributed by atoms with E-state index in [-0.39, 0.29) is 11.9 Å². The molecule has 3 rings (SSSR count). The molecular weight excluding hydrogens is 298 g/mol. The monoisotopic (exact) mass is 317 g/mol. The molecule has 0 N–H and O–H groups in total. The maximum Gasteiger partial charge on any atom is 0.250 e. The molecule has 6 heteroatoms. The normalized spacial score (nSPS) is 18.2. The number of aromatic nitrogens is 2. The average Bonchev–Trinajstić information content (AvgIpc) is 3.16. The van der Waals surface area contributed by atoms with E-state index in [1.165, 1.54) is 5.56 Å². The van der Waals surface area contributed by atoms with E-state index in [2.05, 4.69) is 36.1 Å². The Labute approximate surface area is 134 Å². The van der Waals surface area contributed by atoms with Crippen LogP contribution in [0.2, 0.25) is 0 Å². The summed E-state index contributed by atoms with van der Waals surface area (Å²) >= 11 is 1.70. The molecule has 0 unspecified atom stereocenters. The van der Waals surface area contributed by atoms with E-state index in [1.54, 1.807) is 23.6 Å². The van der Waals surface area contributed by atoms with Crippen molar-refractivity contribution in [1.82, 2.24) is 15.0 Å². The Morgan fingerprint density at radius 2 is 2.09 bits per heavy atom. The van der Waals surface area contributed by atoms with Crippen molar-refractivity contribution in [2.75, 3.05) is 11.6 Å². The second-order valence-corrected chi connectivity index (χ2v) is 6.74. The van der Waals surface area contributed by atoms with Gasteiger partial charge in [-0.05, 0) is 11.5 Å². The third kappa shape index (κ3) is 2.88. The first-order chi connectivity index (χ1) is 10.6. The van der Waals surface area contributed by atoms with Crippen molar-refractivity contribution in [2.45, 2.75) is 32.7 Å². The van der Waals surface area contributed by atoms with Crippen LogP contribution in [-0.2, 0) is 4.79 Å². The van der Waals surface area contributed by atoms with Crippen molar-refractivity contribution >= 4 is 17.7 Å². The predicted molar refractivity (Wildman–Crippen MR) is 86.4 cm³/mol. The van der Waals surface area contributed by atoms with Gasteiger partial charge in [0.05, 0.1) is 5.88 Å². The summed E-state index contributed by atoms with van der Waals surface area (Å²) in [6, 6.07) is 8.08. The lowest BCUT2D eigenvalue weighted by Crippen LogP contribution is -2.28. The summed E-state index contributed by atoms with van der Waals surface area (Å²) in [4.78, 5) is 17.9. The Bertz CT molecular complexity index is 666. The van der Waals surface area contributed by atoms with Crippen LogP contribution in [0.1, 0.15) is 44.2 Å². The second kappa shape index (κ2) is 6.12. The van der Waals surface area contributed by atoms with Gasteiger partial charge in [0.2, 0.25) is 11.7 Å². The first-order valence-electron chi connectivity index (χ1n) is 7.35. The molecule has 0 saturated carbocycles. The van der Waals surface area contributed by atoms with Crippen LogP contribution in [0.15, 0.2) is 28.8 Å². The van der Waals surface area contributed by atoms with Crippen LogP contribution < -0.4 is 0 Å². The zero-order chi connectivity index (χ0) is 15.7. The Morgan fingerprint density at radius 3 is 2.73 bits per heavy atom. The van der Waals surface area contributed by atoms with E-state index >= 15 is 0 Å². The van der Waals surface area contributed by atoms with Crippen molar-refractivity contribution in [3.05, 3.63) is 35.7 Å². The van der Waals surface area contributed by atoms with Crippen LogP contribution >= 0.6 is 11.8 Å². The molecular formula is C16H19N3O2S. The predicted octanol–water partition coefficient (Wildman–Crippen LogP) is 3.45. The fourth-order valence-electron chi connectivity index (χ4n) is 2.46. The number of amides is 1. The van der Waals surface area contributed by atoms with Gasteiger partial charge in [0.25, 0.3) is 5.89 Å². The van der Waals surface area contributed by atoms with E-state index in [0.717, 1.165) is 11.3 Å². The molecule has 116 valence electrons. The molecule has 0 spiro atoms. The van der Waals surface area contributed by atoms with Crippen LogP contribution in [0.5, 0.6) is 0 Å². The van der Waals surface area contributed by atoms with Crippen molar-refractivity contribution in [3.8, 4) is 11.4 Å². The largest absolute Gasteiger partial charge is 0.337 e. The van der Waals surface area contributed by atoms with E-state index in [9.17, 15) is 4.79 Å². The third-order valence-corrected chi connectivity index (χ3v) is 4.86. The van der Waals surface area contributed by atoms with Gasteiger partial charge in [-0.2, -0.15) is 4.98 Å². The van der Waals surface area contributed by atoms with E-state index in [4.69, 9.17) is 4.52 Å². The number of hydrogen-bond donors (Lipinski definition) is 0. The number of rotatable bonds is 3. The first kappa shape index (κ1) is 15.1. The number of thioether (sulfide) groups is 1. The van der Waals surface area contributed by atoms with Crippen LogP contribution in [-0.4, -0.2) is 32.6 Å². The number of carbonyl (C=O) groups excluding carboxylic acids is 1. The maximum absolute atomic E-state index is 11.6. The van der Waals surface area contributed by atoms with Gasteiger partial charge in [-0.3, -0.25) is 4.79 Å². The molecule has 1 atom stereocenters. The van der Waals surface area contributed by atoms with Gasteiger partial charge in [-0.25, -0.2) is 0 Å². The standard InChI is InChI=1S/C16H19N3O2S/c1-10(2)12-4-6-13(7-5-12)15-17-16(21-18-15)14-8-22-9-19(14)11(3)20/h4-7,10,14H,8-9H2,1-3H3/t14-/m1/s1. The minimum Gasteiger partial charge on any atom is -0.337 e. The molecule has 1 aromatic carbocycles. The highest BCUT2D eigenvalue weighted by molar-refractivity contribution is 7.99. The molecule has 0 radical (unpaired) electrons. The van der Waals surface area contributed by atoms with Gasteiger partial charge in [-0.15, -0.1) is 11.8 Å². The summed E-state index contributed by atoms with van der Waals surface area (Å²) < 4.78 is 5.39. The highest BCUT2D eigenvalue weighted by atomic mass is 32.2. The van der Waals surface area contributed by atoms with Crippen LogP contribution in [0.4, 0.5) is 0 Å². The summed E-state index contributed by atoms with van der Waals surface area (Å²) in [5, 5.41) is 4.07. The van der Waals surface area contributed by atoms with Crippen molar-refractivity contribution in [1.29, 1.82) is 0 Å². The smallest absolute Gasteiger partial charge is 0.250 e. The molecule has 1 aliphatic heterocycles. The minimum absolute atomic E-state index is 0.0380. The third-order valence-electron chi connectivity index (χ3n) is 3.85. The van der Waals surface area contributed by atoms with E-state index < -0.39 is 0 Å². The Hall–Kier alpha value is -1.82. The lowest BCUT2D eigenvalue weighted by molar-refractivity contribution is -0.129. The fraction of sp³-hybridized carbons (Fsp3) is 0.438. The maximum atomic E-state index is 11.6. The highest BCUT2D eigenvalue weighted by Gasteiger charge is 2.32.